The molecule has 2 atom stereocenters. The predicted molar refractivity (Wildman–Crippen MR) is 162 cm³/mol. The number of benzene rings is 1. The first-order valence-corrected chi connectivity index (χ1v) is 15.3. The van der Waals surface area contributed by atoms with Gasteiger partial charge < -0.3 is 14.8 Å². The Bertz CT molecular complexity index is 1350. The number of nitrogens with zero attached hydrogens (tertiary/aromatic N) is 5. The molecule has 5 rings (SSSR count). The van der Waals surface area contributed by atoms with Crippen molar-refractivity contribution in [3.05, 3.63) is 95.6 Å². The molecule has 2 aromatic heterocycles. The number of aliphatic carboxylic acids is 1. The van der Waals surface area contributed by atoms with Gasteiger partial charge in [0.1, 0.15) is 12.3 Å². The standard InChI is InChI=1S/C31H36N6O4S/c38-28(39)10-1-2-17-41-35-29(25-8-4-11-32-19-25)24-7-3-6-23(18-24)21-36-13-15-37(16-14-36)31(40)27-22-42-30(34-27)26-9-5-12-33-20-26/h3-9,11-12,18-20,27,30,34H,1-2,10,13-17,21-22H2,(H,38,39)/b35-29+. The van der Waals surface area contributed by atoms with E-state index < -0.39 is 5.97 Å². The molecule has 2 aliphatic rings. The Kier molecular flexibility index (Phi) is 10.5. The lowest BCUT2D eigenvalue weighted by atomic mass is 10.0. The maximum absolute atomic E-state index is 13.2. The summed E-state index contributed by atoms with van der Waals surface area (Å²) in [6, 6.07) is 15.9. The van der Waals surface area contributed by atoms with Crippen LogP contribution in [-0.4, -0.2) is 87.0 Å². The van der Waals surface area contributed by atoms with Crippen molar-refractivity contribution < 1.29 is 19.5 Å². The number of hydrogen-bond donors (Lipinski definition) is 2. The third kappa shape index (κ3) is 8.15. The van der Waals surface area contributed by atoms with Gasteiger partial charge in [0.05, 0.1) is 11.4 Å². The quantitative estimate of drug-likeness (QED) is 0.186. The van der Waals surface area contributed by atoms with E-state index in [1.165, 1.54) is 0 Å². The van der Waals surface area contributed by atoms with Crippen molar-refractivity contribution >= 4 is 29.4 Å². The van der Waals surface area contributed by atoms with Gasteiger partial charge in [-0.2, -0.15) is 0 Å². The molecular weight excluding hydrogens is 552 g/mol. The van der Waals surface area contributed by atoms with Gasteiger partial charge in [-0.3, -0.25) is 29.8 Å². The van der Waals surface area contributed by atoms with E-state index in [0.717, 1.165) is 47.6 Å². The van der Waals surface area contributed by atoms with Crippen LogP contribution in [-0.2, 0) is 21.0 Å². The number of nitrogens with one attached hydrogen (secondary N) is 1. The summed E-state index contributed by atoms with van der Waals surface area (Å²) < 4.78 is 0. The number of carbonyl (C=O) groups is 2. The first-order valence-electron chi connectivity index (χ1n) is 14.3. The van der Waals surface area contributed by atoms with Gasteiger partial charge in [0, 0.05) is 80.8 Å². The fraction of sp³-hybridized carbons (Fsp3) is 0.387. The Morgan fingerprint density at radius 1 is 1.00 bits per heavy atom. The van der Waals surface area contributed by atoms with Gasteiger partial charge in [-0.05, 0) is 48.2 Å². The van der Waals surface area contributed by atoms with E-state index in [2.05, 4.69) is 37.5 Å². The molecule has 4 heterocycles. The van der Waals surface area contributed by atoms with Crippen LogP contribution in [0.3, 0.4) is 0 Å². The number of piperazine rings is 1. The lowest BCUT2D eigenvalue weighted by Crippen LogP contribution is -2.53. The number of amides is 1. The van der Waals surface area contributed by atoms with Crippen LogP contribution in [0.15, 0.2) is 78.5 Å². The Balaban J connectivity index is 1.15. The van der Waals surface area contributed by atoms with Crippen molar-refractivity contribution in [2.75, 3.05) is 38.5 Å². The van der Waals surface area contributed by atoms with Crippen LogP contribution in [0.2, 0.25) is 0 Å². The molecular formula is C31H36N6O4S. The second-order valence-corrected chi connectivity index (χ2v) is 11.5. The maximum Gasteiger partial charge on any atom is 0.303 e. The molecule has 2 N–H and O–H groups in total. The summed E-state index contributed by atoms with van der Waals surface area (Å²) in [6.45, 7) is 4.15. The summed E-state index contributed by atoms with van der Waals surface area (Å²) in [7, 11) is 0. The van der Waals surface area contributed by atoms with Crippen LogP contribution in [0.25, 0.3) is 0 Å². The summed E-state index contributed by atoms with van der Waals surface area (Å²) in [5, 5.41) is 16.8. The lowest BCUT2D eigenvalue weighted by Gasteiger charge is -2.36. The molecule has 10 nitrogen and oxygen atoms in total. The molecule has 220 valence electrons. The number of aromatic nitrogens is 2. The summed E-state index contributed by atoms with van der Waals surface area (Å²) in [5.41, 5.74) is 4.71. The highest BCUT2D eigenvalue weighted by molar-refractivity contribution is 7.99. The zero-order valence-corrected chi connectivity index (χ0v) is 24.3. The monoisotopic (exact) mass is 588 g/mol. The van der Waals surface area contributed by atoms with Crippen molar-refractivity contribution in [3.8, 4) is 0 Å². The number of carboxylic acids is 1. The Hall–Kier alpha value is -3.80. The highest BCUT2D eigenvalue weighted by Gasteiger charge is 2.34. The lowest BCUT2D eigenvalue weighted by molar-refractivity contribution is -0.137. The summed E-state index contributed by atoms with van der Waals surface area (Å²) in [5.74, 6) is 0.133. The average molecular weight is 589 g/mol. The van der Waals surface area contributed by atoms with Crippen LogP contribution in [0.4, 0.5) is 0 Å². The van der Waals surface area contributed by atoms with Crippen molar-refractivity contribution in [1.82, 2.24) is 25.1 Å². The fourth-order valence-corrected chi connectivity index (χ4v) is 6.30. The number of rotatable bonds is 12. The minimum atomic E-state index is -0.806. The van der Waals surface area contributed by atoms with Crippen LogP contribution in [0.5, 0.6) is 0 Å². The number of hydrogen-bond acceptors (Lipinski definition) is 9. The zero-order valence-electron chi connectivity index (χ0n) is 23.5. The molecule has 0 spiro atoms. The molecule has 2 saturated heterocycles. The molecule has 3 aromatic rings. The minimum Gasteiger partial charge on any atom is -0.481 e. The number of pyridine rings is 2. The van der Waals surface area contributed by atoms with Crippen LogP contribution < -0.4 is 5.32 Å². The van der Waals surface area contributed by atoms with E-state index in [0.29, 0.717) is 38.2 Å². The summed E-state index contributed by atoms with van der Waals surface area (Å²) in [4.78, 5) is 42.4. The smallest absolute Gasteiger partial charge is 0.303 e. The van der Waals surface area contributed by atoms with E-state index in [4.69, 9.17) is 9.94 Å². The second kappa shape index (κ2) is 14.9. The molecule has 0 aliphatic carbocycles. The number of thioether (sulfide) groups is 1. The van der Waals surface area contributed by atoms with E-state index >= 15 is 0 Å². The van der Waals surface area contributed by atoms with E-state index in [-0.39, 0.29) is 23.7 Å². The average Bonchev–Trinajstić information content (AvgIpc) is 3.52. The van der Waals surface area contributed by atoms with Gasteiger partial charge in [0.15, 0.2) is 0 Å². The van der Waals surface area contributed by atoms with Gasteiger partial charge >= 0.3 is 5.97 Å². The van der Waals surface area contributed by atoms with Gasteiger partial charge in [0.25, 0.3) is 0 Å². The SMILES string of the molecule is O=C(O)CCCCO/N=C(/c1cccnc1)c1cccc(CN2CCN(C(=O)C3CSC(c4cccnc4)N3)CC2)c1. The largest absolute Gasteiger partial charge is 0.481 e. The minimum absolute atomic E-state index is 0.101. The maximum atomic E-state index is 13.2. The Morgan fingerprint density at radius 3 is 2.52 bits per heavy atom. The highest BCUT2D eigenvalue weighted by atomic mass is 32.2. The fourth-order valence-electron chi connectivity index (χ4n) is 5.09. The molecule has 1 amide bonds. The number of carboxylic acid groups (broad SMARTS) is 1. The third-order valence-electron chi connectivity index (χ3n) is 7.33. The van der Waals surface area contributed by atoms with Gasteiger partial charge in [0.2, 0.25) is 5.91 Å². The molecule has 1 aromatic carbocycles. The van der Waals surface area contributed by atoms with Crippen molar-refractivity contribution in [2.24, 2.45) is 5.16 Å². The Labute approximate surface area is 250 Å². The van der Waals surface area contributed by atoms with Gasteiger partial charge in [-0.25, -0.2) is 0 Å². The number of carbonyl (C=O) groups excluding carboxylic acids is 1. The number of unbranched alkanes of at least 4 members (excludes halogenated alkanes) is 1. The third-order valence-corrected chi connectivity index (χ3v) is 8.59. The summed E-state index contributed by atoms with van der Waals surface area (Å²) >= 11 is 1.76. The first-order chi connectivity index (χ1) is 20.6. The molecule has 0 saturated carbocycles. The van der Waals surface area contributed by atoms with E-state index in [9.17, 15) is 9.59 Å². The molecule has 2 aliphatic heterocycles. The molecule has 2 unspecified atom stereocenters. The molecule has 42 heavy (non-hydrogen) atoms. The molecule has 2 fully saturated rings. The highest BCUT2D eigenvalue weighted by Crippen LogP contribution is 2.32. The van der Waals surface area contributed by atoms with Gasteiger partial charge in [-0.15, -0.1) is 11.8 Å². The Morgan fingerprint density at radius 2 is 1.79 bits per heavy atom. The summed E-state index contributed by atoms with van der Waals surface area (Å²) in [6.07, 6.45) is 8.38. The van der Waals surface area contributed by atoms with Crippen molar-refractivity contribution in [3.63, 3.8) is 0 Å². The molecule has 11 heteroatoms. The van der Waals surface area contributed by atoms with Crippen LogP contribution in [0, 0.1) is 0 Å². The molecule has 0 radical (unpaired) electrons. The zero-order chi connectivity index (χ0) is 29.1. The number of oxime groups is 1. The normalized spacial score (nSPS) is 19.5. The second-order valence-electron chi connectivity index (χ2n) is 10.4. The predicted octanol–water partition coefficient (Wildman–Crippen LogP) is 3.55. The van der Waals surface area contributed by atoms with Crippen molar-refractivity contribution in [1.29, 1.82) is 0 Å². The topological polar surface area (TPSA) is 120 Å². The van der Waals surface area contributed by atoms with Crippen LogP contribution >= 0.6 is 11.8 Å². The van der Waals surface area contributed by atoms with E-state index in [1.54, 1.807) is 30.4 Å². The first kappa shape index (κ1) is 29.7. The van der Waals surface area contributed by atoms with Gasteiger partial charge in [-0.1, -0.05) is 29.4 Å². The molecule has 0 bridgehead atoms. The van der Waals surface area contributed by atoms with Crippen LogP contribution in [0.1, 0.15) is 46.9 Å². The van der Waals surface area contributed by atoms with Crippen molar-refractivity contribution in [2.45, 2.75) is 37.2 Å². The van der Waals surface area contributed by atoms with E-state index in [1.807, 2.05) is 47.5 Å².